The summed E-state index contributed by atoms with van der Waals surface area (Å²) in [4.78, 5) is 16.4. The van der Waals surface area contributed by atoms with Gasteiger partial charge in [0.15, 0.2) is 18.1 Å². The Bertz CT molecular complexity index is 1030. The zero-order valence-corrected chi connectivity index (χ0v) is 18.5. The molecule has 0 aliphatic heterocycles. The first-order valence-electron chi connectivity index (χ1n) is 10.7. The van der Waals surface area contributed by atoms with Gasteiger partial charge in [-0.3, -0.25) is 4.79 Å². The number of rotatable bonds is 12. The first kappa shape index (κ1) is 22.9. The van der Waals surface area contributed by atoms with Crippen LogP contribution in [0.2, 0.25) is 0 Å². The van der Waals surface area contributed by atoms with Crippen LogP contribution in [-0.4, -0.2) is 41.8 Å². The van der Waals surface area contributed by atoms with Gasteiger partial charge in [-0.2, -0.15) is 0 Å². The first-order valence-corrected chi connectivity index (χ1v) is 10.7. The van der Waals surface area contributed by atoms with Gasteiger partial charge in [0.05, 0.1) is 25.2 Å². The molecule has 0 bridgehead atoms. The Morgan fingerprint density at radius 1 is 1.03 bits per heavy atom. The molecule has 1 N–H and O–H groups in total. The number of carbonyl (C=O) groups excluding carboxylic acids is 1. The molecule has 0 saturated heterocycles. The standard InChI is InChI=1S/C25H29N3O4/c1-4-30-23-11-10-20(16-24(23)31-5-2)12-13-27-25(29)17-32-22-9-7-6-8-21(22)19(3)28-15-14-26-18-28/h6-11,14-16,18H,3-5,12-13,17H2,1-2H3,(H,27,29). The fourth-order valence-electron chi connectivity index (χ4n) is 3.18. The Morgan fingerprint density at radius 3 is 2.56 bits per heavy atom. The van der Waals surface area contributed by atoms with Crippen LogP contribution >= 0.6 is 0 Å². The van der Waals surface area contributed by atoms with Crippen LogP contribution < -0.4 is 19.5 Å². The van der Waals surface area contributed by atoms with Gasteiger partial charge in [-0.15, -0.1) is 0 Å². The lowest BCUT2D eigenvalue weighted by Crippen LogP contribution is -2.30. The van der Waals surface area contributed by atoms with Crippen LogP contribution in [0, 0.1) is 0 Å². The number of aromatic nitrogens is 2. The number of imidazole rings is 1. The van der Waals surface area contributed by atoms with Crippen molar-refractivity contribution in [3.05, 3.63) is 78.9 Å². The second kappa shape index (κ2) is 11.6. The van der Waals surface area contributed by atoms with Crippen molar-refractivity contribution >= 4 is 11.6 Å². The van der Waals surface area contributed by atoms with E-state index in [1.54, 1.807) is 17.1 Å². The average molecular weight is 436 g/mol. The van der Waals surface area contributed by atoms with Gasteiger partial charge in [-0.25, -0.2) is 4.98 Å². The molecule has 7 nitrogen and oxygen atoms in total. The van der Waals surface area contributed by atoms with Gasteiger partial charge in [-0.05, 0) is 50.1 Å². The lowest BCUT2D eigenvalue weighted by atomic mass is 10.1. The van der Waals surface area contributed by atoms with Crippen LogP contribution in [0.15, 0.2) is 67.8 Å². The number of hydrogen-bond acceptors (Lipinski definition) is 5. The zero-order chi connectivity index (χ0) is 22.8. The van der Waals surface area contributed by atoms with Gasteiger partial charge in [-0.1, -0.05) is 24.8 Å². The van der Waals surface area contributed by atoms with E-state index < -0.39 is 0 Å². The molecular formula is C25H29N3O4. The van der Waals surface area contributed by atoms with Crippen LogP contribution in [-0.2, 0) is 11.2 Å². The lowest BCUT2D eigenvalue weighted by molar-refractivity contribution is -0.123. The van der Waals surface area contributed by atoms with Gasteiger partial charge in [0.2, 0.25) is 0 Å². The number of carbonyl (C=O) groups is 1. The fourth-order valence-corrected chi connectivity index (χ4v) is 3.18. The molecule has 1 aromatic heterocycles. The van der Waals surface area contributed by atoms with E-state index in [0.717, 1.165) is 28.3 Å². The number of para-hydroxylation sites is 1. The Balaban J connectivity index is 1.51. The molecule has 0 radical (unpaired) electrons. The Morgan fingerprint density at radius 2 is 1.81 bits per heavy atom. The minimum absolute atomic E-state index is 0.0817. The van der Waals surface area contributed by atoms with Crippen molar-refractivity contribution < 1.29 is 19.0 Å². The minimum Gasteiger partial charge on any atom is -0.490 e. The van der Waals surface area contributed by atoms with Crippen LogP contribution in [0.5, 0.6) is 17.2 Å². The summed E-state index contributed by atoms with van der Waals surface area (Å²) in [5.41, 5.74) is 2.58. The highest BCUT2D eigenvalue weighted by molar-refractivity contribution is 5.78. The number of hydrogen-bond donors (Lipinski definition) is 1. The van der Waals surface area contributed by atoms with E-state index in [9.17, 15) is 4.79 Å². The highest BCUT2D eigenvalue weighted by Gasteiger charge is 2.11. The van der Waals surface area contributed by atoms with E-state index >= 15 is 0 Å². The first-order chi connectivity index (χ1) is 15.6. The molecule has 7 heteroatoms. The third kappa shape index (κ3) is 6.14. The molecule has 2 aromatic carbocycles. The van der Waals surface area contributed by atoms with Crippen molar-refractivity contribution in [2.24, 2.45) is 0 Å². The van der Waals surface area contributed by atoms with Gasteiger partial charge in [0.25, 0.3) is 5.91 Å². The smallest absolute Gasteiger partial charge is 0.257 e. The number of benzene rings is 2. The summed E-state index contributed by atoms with van der Waals surface area (Å²) < 4.78 is 18.8. The van der Waals surface area contributed by atoms with Crippen molar-refractivity contribution in [2.75, 3.05) is 26.4 Å². The lowest BCUT2D eigenvalue weighted by Gasteiger charge is -2.14. The largest absolute Gasteiger partial charge is 0.490 e. The predicted molar refractivity (Wildman–Crippen MR) is 124 cm³/mol. The second-order valence-corrected chi connectivity index (χ2v) is 6.95. The molecule has 0 aliphatic carbocycles. The summed E-state index contributed by atoms with van der Waals surface area (Å²) in [5.74, 6) is 1.85. The molecule has 1 amide bonds. The SMILES string of the molecule is C=C(c1ccccc1OCC(=O)NCCc1ccc(OCC)c(OCC)c1)n1ccnc1. The molecule has 0 fully saturated rings. The van der Waals surface area contributed by atoms with Gasteiger partial charge >= 0.3 is 0 Å². The van der Waals surface area contributed by atoms with Gasteiger partial charge in [0.1, 0.15) is 5.75 Å². The normalized spacial score (nSPS) is 10.4. The second-order valence-electron chi connectivity index (χ2n) is 6.95. The number of nitrogens with zero attached hydrogens (tertiary/aromatic N) is 2. The van der Waals surface area contributed by atoms with Crippen molar-refractivity contribution in [2.45, 2.75) is 20.3 Å². The summed E-state index contributed by atoms with van der Waals surface area (Å²) in [5, 5.41) is 2.90. The number of ether oxygens (including phenoxy) is 3. The monoisotopic (exact) mass is 435 g/mol. The highest BCUT2D eigenvalue weighted by atomic mass is 16.5. The third-order valence-electron chi connectivity index (χ3n) is 4.72. The van der Waals surface area contributed by atoms with Crippen molar-refractivity contribution in [3.63, 3.8) is 0 Å². The Hall–Kier alpha value is -3.74. The maximum Gasteiger partial charge on any atom is 0.257 e. The maximum atomic E-state index is 12.3. The van der Waals surface area contributed by atoms with E-state index in [1.165, 1.54) is 0 Å². The molecule has 168 valence electrons. The predicted octanol–water partition coefficient (Wildman–Crippen LogP) is 3.94. The minimum atomic E-state index is -0.191. The Labute approximate surface area is 188 Å². The van der Waals surface area contributed by atoms with E-state index in [1.807, 2.05) is 62.5 Å². The van der Waals surface area contributed by atoms with Crippen molar-refractivity contribution in [1.82, 2.24) is 14.9 Å². The van der Waals surface area contributed by atoms with Crippen molar-refractivity contribution in [1.29, 1.82) is 0 Å². The molecule has 0 spiro atoms. The quantitative estimate of drug-likeness (QED) is 0.467. The van der Waals surface area contributed by atoms with Crippen LogP contribution in [0.25, 0.3) is 5.70 Å². The topological polar surface area (TPSA) is 74.6 Å². The van der Waals surface area contributed by atoms with Gasteiger partial charge in [0, 0.05) is 24.5 Å². The molecule has 3 rings (SSSR count). The maximum absolute atomic E-state index is 12.3. The Kier molecular flexibility index (Phi) is 8.31. The van der Waals surface area contributed by atoms with E-state index in [-0.39, 0.29) is 12.5 Å². The number of nitrogens with one attached hydrogen (secondary N) is 1. The molecule has 0 atom stereocenters. The van der Waals surface area contributed by atoms with E-state index in [4.69, 9.17) is 14.2 Å². The summed E-state index contributed by atoms with van der Waals surface area (Å²) in [6.07, 6.45) is 5.84. The molecule has 32 heavy (non-hydrogen) atoms. The number of amides is 1. The molecule has 0 saturated carbocycles. The summed E-state index contributed by atoms with van der Waals surface area (Å²) in [7, 11) is 0. The summed E-state index contributed by atoms with van der Waals surface area (Å²) in [6.45, 7) is 9.52. The van der Waals surface area contributed by atoms with Crippen molar-refractivity contribution in [3.8, 4) is 17.2 Å². The third-order valence-corrected chi connectivity index (χ3v) is 4.72. The van der Waals surface area contributed by atoms with Crippen LogP contribution in [0.4, 0.5) is 0 Å². The van der Waals surface area contributed by atoms with Crippen LogP contribution in [0.1, 0.15) is 25.0 Å². The van der Waals surface area contributed by atoms with E-state index in [2.05, 4.69) is 16.9 Å². The molecule has 3 aromatic rings. The summed E-state index contributed by atoms with van der Waals surface area (Å²) in [6, 6.07) is 13.3. The van der Waals surface area contributed by atoms with Crippen LogP contribution in [0.3, 0.4) is 0 Å². The average Bonchev–Trinajstić information content (AvgIpc) is 3.34. The summed E-state index contributed by atoms with van der Waals surface area (Å²) >= 11 is 0. The molecule has 1 heterocycles. The highest BCUT2D eigenvalue weighted by Crippen LogP contribution is 2.29. The van der Waals surface area contributed by atoms with Gasteiger partial charge < -0.3 is 24.1 Å². The molecular weight excluding hydrogens is 406 g/mol. The fraction of sp³-hybridized carbons (Fsp3) is 0.280. The van der Waals surface area contributed by atoms with E-state index in [0.29, 0.717) is 31.9 Å². The zero-order valence-electron chi connectivity index (χ0n) is 18.5. The molecule has 0 unspecified atom stereocenters. The molecule has 0 aliphatic rings.